The van der Waals surface area contributed by atoms with E-state index >= 15 is 0 Å². The lowest BCUT2D eigenvalue weighted by Gasteiger charge is -2.40. The summed E-state index contributed by atoms with van der Waals surface area (Å²) < 4.78 is 0. The summed E-state index contributed by atoms with van der Waals surface area (Å²) >= 11 is 0. The molecule has 0 aromatic rings. The zero-order chi connectivity index (χ0) is 11.3. The lowest BCUT2D eigenvalue weighted by atomic mass is 9.92. The van der Waals surface area contributed by atoms with Gasteiger partial charge in [0.1, 0.15) is 0 Å². The summed E-state index contributed by atoms with van der Waals surface area (Å²) in [6.45, 7) is 8.85. The molecule has 2 N–H and O–H groups in total. The van der Waals surface area contributed by atoms with Gasteiger partial charge in [-0.1, -0.05) is 33.1 Å². The number of nitrogens with zero attached hydrogens (tertiary/aromatic N) is 1. The van der Waals surface area contributed by atoms with Crippen molar-refractivity contribution < 1.29 is 0 Å². The highest BCUT2D eigenvalue weighted by atomic mass is 15.2. The maximum atomic E-state index is 5.99. The van der Waals surface area contributed by atoms with Crippen LogP contribution in [0.1, 0.15) is 59.3 Å². The Morgan fingerprint density at radius 3 is 2.33 bits per heavy atom. The quantitative estimate of drug-likeness (QED) is 0.627. The summed E-state index contributed by atoms with van der Waals surface area (Å²) in [4.78, 5) is 2.64. The molecule has 1 saturated carbocycles. The van der Waals surface area contributed by atoms with Crippen LogP contribution in [0.25, 0.3) is 0 Å². The number of rotatable bonds is 8. The van der Waals surface area contributed by atoms with E-state index in [-0.39, 0.29) is 5.54 Å². The smallest absolute Gasteiger partial charge is 0.0306 e. The van der Waals surface area contributed by atoms with E-state index in [1.807, 2.05) is 0 Å². The Labute approximate surface area is 95.2 Å². The molecule has 1 atom stereocenters. The van der Waals surface area contributed by atoms with Crippen LogP contribution in [0.5, 0.6) is 0 Å². The van der Waals surface area contributed by atoms with Crippen LogP contribution in [0.15, 0.2) is 0 Å². The van der Waals surface area contributed by atoms with E-state index in [0.717, 1.165) is 19.1 Å². The number of likely N-dealkylation sites (N-methyl/N-ethyl adjacent to an activating group) is 1. The fraction of sp³-hybridized carbons (Fsp3) is 1.00. The third-order valence-electron chi connectivity index (χ3n) is 3.78. The Balaban J connectivity index is 2.47. The number of unbranched alkanes of at least 4 members (excludes halogenated alkanes) is 2. The summed E-state index contributed by atoms with van der Waals surface area (Å²) in [5.74, 6) is 0. The van der Waals surface area contributed by atoms with Crippen molar-refractivity contribution in [2.75, 3.05) is 13.1 Å². The van der Waals surface area contributed by atoms with E-state index in [1.165, 1.54) is 38.5 Å². The highest BCUT2D eigenvalue weighted by Gasteiger charge is 2.38. The molecule has 90 valence electrons. The Morgan fingerprint density at radius 1 is 1.27 bits per heavy atom. The van der Waals surface area contributed by atoms with Crippen molar-refractivity contribution in [1.82, 2.24) is 4.90 Å². The second-order valence-electron chi connectivity index (χ2n) is 5.18. The summed E-state index contributed by atoms with van der Waals surface area (Å²) in [6, 6.07) is 0.838. The minimum absolute atomic E-state index is 0.255. The van der Waals surface area contributed by atoms with Gasteiger partial charge in [-0.15, -0.1) is 0 Å². The third-order valence-corrected chi connectivity index (χ3v) is 3.78. The number of hydrogen-bond acceptors (Lipinski definition) is 2. The first-order valence-electron chi connectivity index (χ1n) is 6.64. The largest absolute Gasteiger partial charge is 0.329 e. The van der Waals surface area contributed by atoms with Gasteiger partial charge in [0.05, 0.1) is 0 Å². The van der Waals surface area contributed by atoms with Crippen molar-refractivity contribution in [1.29, 1.82) is 0 Å². The highest BCUT2D eigenvalue weighted by molar-refractivity contribution is 4.96. The van der Waals surface area contributed by atoms with Crippen molar-refractivity contribution in [2.45, 2.75) is 70.9 Å². The molecule has 1 rings (SSSR count). The standard InChI is InChI=1S/C13H28N2/c1-4-6-7-10-13(3,11-14)15(5-2)12-8-9-12/h12H,4-11,14H2,1-3H3. The Bertz CT molecular complexity index is 177. The van der Waals surface area contributed by atoms with Crippen LogP contribution in [0.4, 0.5) is 0 Å². The summed E-state index contributed by atoms with van der Waals surface area (Å²) in [5.41, 5.74) is 6.24. The molecule has 1 aliphatic carbocycles. The Morgan fingerprint density at radius 2 is 1.93 bits per heavy atom. The first kappa shape index (κ1) is 13.0. The van der Waals surface area contributed by atoms with Gasteiger partial charge in [-0.25, -0.2) is 0 Å². The predicted octanol–water partition coefficient (Wildman–Crippen LogP) is 2.77. The van der Waals surface area contributed by atoms with Crippen molar-refractivity contribution in [3.63, 3.8) is 0 Å². The molecule has 0 amide bonds. The van der Waals surface area contributed by atoms with Gasteiger partial charge in [-0.2, -0.15) is 0 Å². The fourth-order valence-electron chi connectivity index (χ4n) is 2.59. The van der Waals surface area contributed by atoms with E-state index in [4.69, 9.17) is 5.73 Å². The molecule has 0 aromatic carbocycles. The summed E-state index contributed by atoms with van der Waals surface area (Å²) in [5, 5.41) is 0. The van der Waals surface area contributed by atoms with E-state index in [1.54, 1.807) is 0 Å². The molecule has 2 heteroatoms. The van der Waals surface area contributed by atoms with Crippen LogP contribution < -0.4 is 5.73 Å². The van der Waals surface area contributed by atoms with Crippen LogP contribution in [0.2, 0.25) is 0 Å². The zero-order valence-corrected chi connectivity index (χ0v) is 10.8. The van der Waals surface area contributed by atoms with Crippen molar-refractivity contribution >= 4 is 0 Å². The van der Waals surface area contributed by atoms with Crippen LogP contribution in [0.3, 0.4) is 0 Å². The van der Waals surface area contributed by atoms with Crippen LogP contribution in [0, 0.1) is 0 Å². The van der Waals surface area contributed by atoms with Gasteiger partial charge in [0.2, 0.25) is 0 Å². The van der Waals surface area contributed by atoms with Crippen molar-refractivity contribution in [3.05, 3.63) is 0 Å². The molecular weight excluding hydrogens is 184 g/mol. The molecule has 1 unspecified atom stereocenters. The van der Waals surface area contributed by atoms with Gasteiger partial charge in [-0.3, -0.25) is 4.90 Å². The van der Waals surface area contributed by atoms with Crippen molar-refractivity contribution in [2.24, 2.45) is 5.73 Å². The first-order chi connectivity index (χ1) is 7.18. The average molecular weight is 212 g/mol. The van der Waals surface area contributed by atoms with Gasteiger partial charge < -0.3 is 5.73 Å². The molecule has 0 bridgehead atoms. The molecule has 0 spiro atoms. The minimum Gasteiger partial charge on any atom is -0.329 e. The minimum atomic E-state index is 0.255. The Kier molecular flexibility index (Phi) is 5.07. The van der Waals surface area contributed by atoms with Crippen LogP contribution in [-0.2, 0) is 0 Å². The molecule has 1 aliphatic rings. The Hall–Kier alpha value is -0.0800. The first-order valence-corrected chi connectivity index (χ1v) is 6.64. The van der Waals surface area contributed by atoms with Crippen LogP contribution >= 0.6 is 0 Å². The molecule has 2 nitrogen and oxygen atoms in total. The third kappa shape index (κ3) is 3.46. The lowest BCUT2D eigenvalue weighted by molar-refractivity contribution is 0.0960. The second-order valence-corrected chi connectivity index (χ2v) is 5.18. The summed E-state index contributed by atoms with van der Waals surface area (Å²) in [7, 11) is 0. The highest BCUT2D eigenvalue weighted by Crippen LogP contribution is 2.34. The maximum absolute atomic E-state index is 5.99. The number of nitrogens with two attached hydrogens (primary N) is 1. The van der Waals surface area contributed by atoms with Gasteiger partial charge in [0.15, 0.2) is 0 Å². The zero-order valence-electron chi connectivity index (χ0n) is 10.8. The van der Waals surface area contributed by atoms with E-state index in [2.05, 4.69) is 25.7 Å². The van der Waals surface area contributed by atoms with Crippen LogP contribution in [-0.4, -0.2) is 29.6 Å². The van der Waals surface area contributed by atoms with Gasteiger partial charge in [0.25, 0.3) is 0 Å². The molecular formula is C13H28N2. The fourth-order valence-corrected chi connectivity index (χ4v) is 2.59. The predicted molar refractivity (Wildman–Crippen MR) is 67.0 cm³/mol. The van der Waals surface area contributed by atoms with E-state index in [0.29, 0.717) is 0 Å². The van der Waals surface area contributed by atoms with Gasteiger partial charge >= 0.3 is 0 Å². The normalized spacial score (nSPS) is 20.6. The lowest BCUT2D eigenvalue weighted by Crippen LogP contribution is -2.52. The molecule has 0 aliphatic heterocycles. The molecule has 15 heavy (non-hydrogen) atoms. The monoisotopic (exact) mass is 212 g/mol. The van der Waals surface area contributed by atoms with Gasteiger partial charge in [0, 0.05) is 18.1 Å². The van der Waals surface area contributed by atoms with Gasteiger partial charge in [-0.05, 0) is 32.7 Å². The molecule has 0 aromatic heterocycles. The van der Waals surface area contributed by atoms with E-state index in [9.17, 15) is 0 Å². The topological polar surface area (TPSA) is 29.3 Å². The second kappa shape index (κ2) is 5.86. The maximum Gasteiger partial charge on any atom is 0.0306 e. The molecule has 1 fully saturated rings. The SMILES string of the molecule is CCCCCC(C)(CN)N(CC)C1CC1. The molecule has 0 saturated heterocycles. The average Bonchev–Trinajstić information content (AvgIpc) is 3.03. The van der Waals surface area contributed by atoms with E-state index < -0.39 is 0 Å². The number of hydrogen-bond donors (Lipinski definition) is 1. The summed E-state index contributed by atoms with van der Waals surface area (Å²) in [6.07, 6.45) is 8.01. The van der Waals surface area contributed by atoms with Crippen molar-refractivity contribution in [3.8, 4) is 0 Å². The molecule has 0 heterocycles. The molecule has 0 radical (unpaired) electrons.